The van der Waals surface area contributed by atoms with E-state index in [2.05, 4.69) is 32.7 Å². The standard InChI is InChI=1S/C32H38N8O3/c1-37(2)21-23-20-28-30(38-16-18-43-19-17-38)35-29(36-40(28)22-23)24-6-10-26(11-7-24)33-32(42)34-27-12-8-25(9-13-27)31(41)39-14-4-3-5-15-39/h6-13,20,22H,3-5,14-19,21H2,1-2H3,(H2,33,34,42). The van der Waals surface area contributed by atoms with Crippen molar-refractivity contribution in [1.29, 1.82) is 0 Å². The van der Waals surface area contributed by atoms with Gasteiger partial charge in [-0.25, -0.2) is 14.3 Å². The highest BCUT2D eigenvalue weighted by Gasteiger charge is 2.20. The Morgan fingerprint density at radius 1 is 0.884 bits per heavy atom. The molecule has 2 aliphatic heterocycles. The summed E-state index contributed by atoms with van der Waals surface area (Å²) in [6.45, 7) is 5.30. The first-order chi connectivity index (χ1) is 20.9. The van der Waals surface area contributed by atoms with E-state index in [1.165, 1.54) is 12.0 Å². The van der Waals surface area contributed by atoms with E-state index in [0.29, 0.717) is 36.0 Å². The van der Waals surface area contributed by atoms with Crippen LogP contribution in [0.15, 0.2) is 60.8 Å². The first-order valence-corrected chi connectivity index (χ1v) is 14.9. The minimum Gasteiger partial charge on any atom is -0.378 e. The third kappa shape index (κ3) is 6.79. The SMILES string of the molecule is CN(C)Cc1cc2c(N3CCOCC3)nc(-c3ccc(NC(=O)Nc4ccc(C(=O)N5CCCCC5)cc4)cc3)nn2c1. The first-order valence-electron chi connectivity index (χ1n) is 14.9. The molecule has 4 heterocycles. The maximum absolute atomic E-state index is 12.7. The summed E-state index contributed by atoms with van der Waals surface area (Å²) < 4.78 is 7.49. The average Bonchev–Trinajstić information content (AvgIpc) is 3.43. The molecular weight excluding hydrogens is 544 g/mol. The van der Waals surface area contributed by atoms with Crippen molar-refractivity contribution in [3.8, 4) is 11.4 Å². The molecule has 2 aromatic carbocycles. The first kappa shape index (κ1) is 28.6. The van der Waals surface area contributed by atoms with Gasteiger partial charge in [-0.2, -0.15) is 0 Å². The maximum Gasteiger partial charge on any atom is 0.323 e. The van der Waals surface area contributed by atoms with Gasteiger partial charge in [-0.05, 0) is 93.5 Å². The molecule has 0 saturated carbocycles. The van der Waals surface area contributed by atoms with E-state index in [4.69, 9.17) is 14.8 Å². The number of aromatic nitrogens is 3. The van der Waals surface area contributed by atoms with Crippen molar-refractivity contribution in [2.45, 2.75) is 25.8 Å². The van der Waals surface area contributed by atoms with Gasteiger partial charge in [-0.1, -0.05) is 0 Å². The second kappa shape index (κ2) is 12.8. The van der Waals surface area contributed by atoms with Crippen molar-refractivity contribution in [3.63, 3.8) is 0 Å². The minimum atomic E-state index is -0.365. The van der Waals surface area contributed by atoms with Gasteiger partial charge in [0.15, 0.2) is 11.6 Å². The molecule has 2 N–H and O–H groups in total. The Labute approximate surface area is 251 Å². The number of hydrogen-bond donors (Lipinski definition) is 2. The number of nitrogens with zero attached hydrogens (tertiary/aromatic N) is 6. The maximum atomic E-state index is 12.7. The van der Waals surface area contributed by atoms with Crippen LogP contribution in [-0.2, 0) is 11.3 Å². The van der Waals surface area contributed by atoms with Gasteiger partial charge in [0.1, 0.15) is 5.52 Å². The molecule has 4 aromatic rings. The number of morpholine rings is 1. The molecule has 3 amide bonds. The van der Waals surface area contributed by atoms with E-state index >= 15 is 0 Å². The molecule has 2 saturated heterocycles. The van der Waals surface area contributed by atoms with Gasteiger partial charge in [0.05, 0.1) is 13.2 Å². The van der Waals surface area contributed by atoms with Crippen LogP contribution in [0.3, 0.4) is 0 Å². The number of amides is 3. The number of piperidine rings is 1. The molecule has 11 nitrogen and oxygen atoms in total. The zero-order valence-corrected chi connectivity index (χ0v) is 24.8. The van der Waals surface area contributed by atoms with E-state index in [-0.39, 0.29) is 11.9 Å². The molecule has 11 heteroatoms. The number of carbonyl (C=O) groups excluding carboxylic acids is 2. The summed E-state index contributed by atoms with van der Waals surface area (Å²) in [5.41, 5.74) is 4.87. The Morgan fingerprint density at radius 2 is 1.53 bits per heavy atom. The van der Waals surface area contributed by atoms with Gasteiger partial charge < -0.3 is 30.1 Å². The number of benzene rings is 2. The molecule has 0 spiro atoms. The van der Waals surface area contributed by atoms with Gasteiger partial charge in [0.2, 0.25) is 0 Å². The van der Waals surface area contributed by atoms with Gasteiger partial charge in [-0.3, -0.25) is 4.79 Å². The van der Waals surface area contributed by atoms with Gasteiger partial charge in [-0.15, -0.1) is 5.10 Å². The lowest BCUT2D eigenvalue weighted by Gasteiger charge is -2.28. The third-order valence-electron chi connectivity index (χ3n) is 7.74. The number of urea groups is 1. The van der Waals surface area contributed by atoms with Gasteiger partial charge in [0, 0.05) is 61.4 Å². The Bertz CT molecular complexity index is 1570. The fourth-order valence-corrected chi connectivity index (χ4v) is 5.59. The monoisotopic (exact) mass is 582 g/mol. The summed E-state index contributed by atoms with van der Waals surface area (Å²) in [5, 5.41) is 10.5. The average molecular weight is 583 g/mol. The van der Waals surface area contributed by atoms with Crippen molar-refractivity contribution < 1.29 is 14.3 Å². The van der Waals surface area contributed by atoms with Crippen LogP contribution in [0.4, 0.5) is 22.0 Å². The zero-order valence-electron chi connectivity index (χ0n) is 24.8. The number of rotatable bonds is 7. The highest BCUT2D eigenvalue weighted by atomic mass is 16.5. The molecule has 0 aliphatic carbocycles. The van der Waals surface area contributed by atoms with Gasteiger partial charge >= 0.3 is 6.03 Å². The fraction of sp³-hybridized carbons (Fsp3) is 0.375. The summed E-state index contributed by atoms with van der Waals surface area (Å²) in [7, 11) is 4.10. The number of anilines is 3. The van der Waals surface area contributed by atoms with Crippen LogP contribution in [0.25, 0.3) is 16.9 Å². The van der Waals surface area contributed by atoms with E-state index in [1.807, 2.05) is 47.8 Å². The number of nitrogens with one attached hydrogen (secondary N) is 2. The highest BCUT2D eigenvalue weighted by molar-refractivity contribution is 6.00. The van der Waals surface area contributed by atoms with Crippen molar-refractivity contribution in [2.75, 3.05) is 69.0 Å². The molecule has 224 valence electrons. The Morgan fingerprint density at radius 3 is 2.19 bits per heavy atom. The number of likely N-dealkylation sites (tertiary alicyclic amines) is 1. The summed E-state index contributed by atoms with van der Waals surface area (Å²) in [4.78, 5) is 36.7. The predicted molar refractivity (Wildman–Crippen MR) is 168 cm³/mol. The molecule has 0 unspecified atom stereocenters. The molecule has 6 rings (SSSR count). The normalized spacial score (nSPS) is 15.6. The summed E-state index contributed by atoms with van der Waals surface area (Å²) in [6, 6.07) is 16.3. The zero-order chi connectivity index (χ0) is 29.8. The Balaban J connectivity index is 1.14. The topological polar surface area (TPSA) is 107 Å². The number of hydrogen-bond acceptors (Lipinski definition) is 7. The Kier molecular flexibility index (Phi) is 8.52. The molecule has 2 aromatic heterocycles. The predicted octanol–water partition coefficient (Wildman–Crippen LogP) is 4.56. The smallest absolute Gasteiger partial charge is 0.323 e. The van der Waals surface area contributed by atoms with E-state index in [1.54, 1.807) is 24.3 Å². The number of fused-ring (bicyclic) bond motifs is 1. The lowest BCUT2D eigenvalue weighted by atomic mass is 10.1. The summed E-state index contributed by atoms with van der Waals surface area (Å²) in [6.07, 6.45) is 5.33. The van der Waals surface area contributed by atoms with Crippen molar-refractivity contribution in [2.24, 2.45) is 0 Å². The van der Waals surface area contributed by atoms with Crippen LogP contribution in [-0.4, -0.2) is 89.8 Å². The quantitative estimate of drug-likeness (QED) is 0.329. The molecule has 43 heavy (non-hydrogen) atoms. The van der Waals surface area contributed by atoms with E-state index in [0.717, 1.165) is 62.5 Å². The van der Waals surface area contributed by atoms with E-state index in [9.17, 15) is 9.59 Å². The van der Waals surface area contributed by atoms with Gasteiger partial charge in [0.25, 0.3) is 5.91 Å². The van der Waals surface area contributed by atoms with Crippen molar-refractivity contribution in [3.05, 3.63) is 71.9 Å². The lowest BCUT2D eigenvalue weighted by molar-refractivity contribution is 0.0724. The fourth-order valence-electron chi connectivity index (χ4n) is 5.59. The molecule has 0 radical (unpaired) electrons. The van der Waals surface area contributed by atoms with Crippen LogP contribution in [0.5, 0.6) is 0 Å². The summed E-state index contributed by atoms with van der Waals surface area (Å²) >= 11 is 0. The van der Waals surface area contributed by atoms with Crippen LogP contribution < -0.4 is 15.5 Å². The minimum absolute atomic E-state index is 0.0433. The molecule has 0 bridgehead atoms. The van der Waals surface area contributed by atoms with Crippen LogP contribution >= 0.6 is 0 Å². The number of carbonyl (C=O) groups is 2. The molecule has 2 aliphatic rings. The van der Waals surface area contributed by atoms with Crippen molar-refractivity contribution in [1.82, 2.24) is 24.4 Å². The molecular formula is C32H38N8O3. The number of ether oxygens (including phenoxy) is 1. The lowest BCUT2D eigenvalue weighted by Crippen LogP contribution is -2.37. The second-order valence-electron chi connectivity index (χ2n) is 11.4. The largest absolute Gasteiger partial charge is 0.378 e. The highest BCUT2D eigenvalue weighted by Crippen LogP contribution is 2.27. The molecule has 0 atom stereocenters. The van der Waals surface area contributed by atoms with Crippen LogP contribution in [0, 0.1) is 0 Å². The van der Waals surface area contributed by atoms with Crippen LogP contribution in [0.1, 0.15) is 35.2 Å². The second-order valence-corrected chi connectivity index (χ2v) is 11.4. The van der Waals surface area contributed by atoms with Crippen LogP contribution in [0.2, 0.25) is 0 Å². The summed E-state index contributed by atoms with van der Waals surface area (Å²) in [5.74, 6) is 1.54. The molecule has 2 fully saturated rings. The van der Waals surface area contributed by atoms with Crippen molar-refractivity contribution >= 4 is 34.6 Å². The third-order valence-corrected chi connectivity index (χ3v) is 7.74. The Hall–Kier alpha value is -4.48. The van der Waals surface area contributed by atoms with E-state index < -0.39 is 0 Å².